The third-order valence-corrected chi connectivity index (χ3v) is 3.05. The number of benzene rings is 1. The molecule has 0 radical (unpaired) electrons. The van der Waals surface area contributed by atoms with Crippen LogP contribution >= 0.6 is 11.6 Å². The highest BCUT2D eigenvalue weighted by Crippen LogP contribution is 2.35. The van der Waals surface area contributed by atoms with Crippen LogP contribution in [0.25, 0.3) is 0 Å². The molecule has 2 rings (SSSR count). The normalized spacial score (nSPS) is 20.6. The van der Waals surface area contributed by atoms with E-state index in [9.17, 15) is 4.39 Å². The summed E-state index contributed by atoms with van der Waals surface area (Å²) in [5.74, 6) is -0.0903. The van der Waals surface area contributed by atoms with E-state index in [2.05, 4.69) is 5.32 Å². The zero-order valence-electron chi connectivity index (χ0n) is 8.52. The molecule has 1 heterocycles. The molecule has 0 bridgehead atoms. The smallest absolute Gasteiger partial charge is 0.171 e. The van der Waals surface area contributed by atoms with E-state index in [1.807, 2.05) is 0 Å². The molecular weight excluding hydrogens is 217 g/mol. The van der Waals surface area contributed by atoms with Crippen LogP contribution in [-0.4, -0.2) is 13.7 Å². The van der Waals surface area contributed by atoms with E-state index in [-0.39, 0.29) is 17.6 Å². The monoisotopic (exact) mass is 229 g/mol. The number of hydrogen-bond acceptors (Lipinski definition) is 2. The van der Waals surface area contributed by atoms with Gasteiger partial charge in [0.05, 0.1) is 7.11 Å². The van der Waals surface area contributed by atoms with Crippen LogP contribution in [0, 0.1) is 5.82 Å². The van der Waals surface area contributed by atoms with Crippen molar-refractivity contribution in [3.05, 3.63) is 28.5 Å². The Morgan fingerprint density at radius 1 is 1.53 bits per heavy atom. The maximum Gasteiger partial charge on any atom is 0.171 e. The second kappa shape index (κ2) is 4.37. The lowest BCUT2D eigenvalue weighted by Crippen LogP contribution is -2.15. The highest BCUT2D eigenvalue weighted by atomic mass is 35.5. The summed E-state index contributed by atoms with van der Waals surface area (Å²) in [5, 5.41) is 3.69. The summed E-state index contributed by atoms with van der Waals surface area (Å²) >= 11 is 6.00. The second-order valence-electron chi connectivity index (χ2n) is 3.63. The average molecular weight is 230 g/mol. The first kappa shape index (κ1) is 10.7. The van der Waals surface area contributed by atoms with E-state index in [0.717, 1.165) is 19.4 Å². The first-order chi connectivity index (χ1) is 7.24. The molecule has 1 fully saturated rings. The Morgan fingerprint density at radius 2 is 2.33 bits per heavy atom. The van der Waals surface area contributed by atoms with Gasteiger partial charge in [0.1, 0.15) is 0 Å². The Morgan fingerprint density at radius 3 is 2.93 bits per heavy atom. The molecular formula is C11H13ClFNO. The summed E-state index contributed by atoms with van der Waals surface area (Å²) in [6.45, 7) is 0.914. The molecule has 0 aromatic heterocycles. The van der Waals surface area contributed by atoms with Gasteiger partial charge in [-0.3, -0.25) is 0 Å². The summed E-state index contributed by atoms with van der Waals surface area (Å²) in [6.07, 6.45) is 1.97. The van der Waals surface area contributed by atoms with Crippen molar-refractivity contribution in [3.8, 4) is 5.75 Å². The van der Waals surface area contributed by atoms with Gasteiger partial charge < -0.3 is 10.1 Å². The fraction of sp³-hybridized carbons (Fsp3) is 0.455. The fourth-order valence-corrected chi connectivity index (χ4v) is 2.24. The number of ether oxygens (including phenoxy) is 1. The zero-order chi connectivity index (χ0) is 10.8. The van der Waals surface area contributed by atoms with E-state index in [4.69, 9.17) is 16.3 Å². The van der Waals surface area contributed by atoms with E-state index >= 15 is 0 Å². The molecule has 2 nitrogen and oxygen atoms in total. The minimum atomic E-state index is -0.343. The first-order valence-electron chi connectivity index (χ1n) is 4.99. The Balaban J connectivity index is 2.43. The Kier molecular flexibility index (Phi) is 3.12. The van der Waals surface area contributed by atoms with Crippen LogP contribution in [-0.2, 0) is 0 Å². The molecule has 1 N–H and O–H groups in total. The summed E-state index contributed by atoms with van der Waals surface area (Å²) in [4.78, 5) is 0. The Hall–Kier alpha value is -0.800. The van der Waals surface area contributed by atoms with Gasteiger partial charge >= 0.3 is 0 Å². The number of rotatable bonds is 2. The van der Waals surface area contributed by atoms with Crippen LogP contribution in [0.3, 0.4) is 0 Å². The van der Waals surface area contributed by atoms with Crippen LogP contribution < -0.4 is 10.1 Å². The minimum absolute atomic E-state index is 0.0209. The van der Waals surface area contributed by atoms with Crippen LogP contribution in [0.4, 0.5) is 4.39 Å². The number of methoxy groups -OCH3 is 1. The van der Waals surface area contributed by atoms with Crippen molar-refractivity contribution in [1.82, 2.24) is 5.32 Å². The van der Waals surface area contributed by atoms with Gasteiger partial charge in [-0.2, -0.15) is 0 Å². The number of nitrogens with one attached hydrogen (secondary N) is 1. The molecule has 1 aliphatic rings. The van der Waals surface area contributed by atoms with Crippen molar-refractivity contribution < 1.29 is 9.13 Å². The lowest BCUT2D eigenvalue weighted by molar-refractivity contribution is 0.381. The Bertz CT molecular complexity index is 364. The maximum absolute atomic E-state index is 13.9. The topological polar surface area (TPSA) is 21.3 Å². The first-order valence-corrected chi connectivity index (χ1v) is 5.37. The van der Waals surface area contributed by atoms with E-state index in [1.165, 1.54) is 7.11 Å². The third-order valence-electron chi connectivity index (χ3n) is 2.72. The van der Waals surface area contributed by atoms with Crippen molar-refractivity contribution in [3.63, 3.8) is 0 Å². The van der Waals surface area contributed by atoms with Crippen molar-refractivity contribution in [2.75, 3.05) is 13.7 Å². The molecule has 0 aliphatic carbocycles. The van der Waals surface area contributed by atoms with Crippen molar-refractivity contribution in [2.45, 2.75) is 18.9 Å². The van der Waals surface area contributed by atoms with E-state index in [0.29, 0.717) is 10.6 Å². The number of hydrogen-bond donors (Lipinski definition) is 1. The fourth-order valence-electron chi connectivity index (χ4n) is 1.96. The van der Waals surface area contributed by atoms with Crippen LogP contribution in [0.15, 0.2) is 12.1 Å². The summed E-state index contributed by atoms with van der Waals surface area (Å²) in [6, 6.07) is 3.25. The highest BCUT2D eigenvalue weighted by Gasteiger charge is 2.24. The van der Waals surface area contributed by atoms with Gasteiger partial charge in [0.2, 0.25) is 0 Å². The van der Waals surface area contributed by atoms with Gasteiger partial charge in [0.15, 0.2) is 11.6 Å². The van der Waals surface area contributed by atoms with Gasteiger partial charge in [-0.25, -0.2) is 4.39 Å². The molecule has 1 aromatic carbocycles. The highest BCUT2D eigenvalue weighted by molar-refractivity contribution is 6.31. The standard InChI is InChI=1S/C11H13ClFNO/c1-15-9-5-4-7(12)10(11(9)13)8-3-2-6-14-8/h4-5,8,14H,2-3,6H2,1H3. The molecule has 1 aromatic rings. The lowest BCUT2D eigenvalue weighted by atomic mass is 10.0. The summed E-state index contributed by atoms with van der Waals surface area (Å²) in [7, 11) is 1.46. The molecule has 1 unspecified atom stereocenters. The lowest BCUT2D eigenvalue weighted by Gasteiger charge is -2.15. The summed E-state index contributed by atoms with van der Waals surface area (Å²) in [5.41, 5.74) is 0.536. The van der Waals surface area contributed by atoms with Gasteiger partial charge in [-0.15, -0.1) is 0 Å². The second-order valence-corrected chi connectivity index (χ2v) is 4.03. The molecule has 1 saturated heterocycles. The molecule has 0 saturated carbocycles. The SMILES string of the molecule is COc1ccc(Cl)c(C2CCCN2)c1F. The quantitative estimate of drug-likeness (QED) is 0.842. The van der Waals surface area contributed by atoms with Gasteiger partial charge in [0, 0.05) is 16.6 Å². The Labute approximate surface area is 93.4 Å². The predicted molar refractivity (Wildman–Crippen MR) is 57.9 cm³/mol. The third kappa shape index (κ3) is 1.94. The van der Waals surface area contributed by atoms with Crippen molar-refractivity contribution in [2.24, 2.45) is 0 Å². The zero-order valence-corrected chi connectivity index (χ0v) is 9.27. The van der Waals surface area contributed by atoms with E-state index in [1.54, 1.807) is 12.1 Å². The van der Waals surface area contributed by atoms with Crippen molar-refractivity contribution in [1.29, 1.82) is 0 Å². The van der Waals surface area contributed by atoms with Crippen LogP contribution in [0.5, 0.6) is 5.75 Å². The maximum atomic E-state index is 13.9. The number of halogens is 2. The molecule has 0 spiro atoms. The molecule has 82 valence electrons. The molecule has 4 heteroatoms. The van der Waals surface area contributed by atoms with E-state index < -0.39 is 0 Å². The van der Waals surface area contributed by atoms with Crippen LogP contribution in [0.2, 0.25) is 5.02 Å². The van der Waals surface area contributed by atoms with Gasteiger partial charge in [-0.1, -0.05) is 11.6 Å². The predicted octanol–water partition coefficient (Wildman–Crippen LogP) is 2.91. The van der Waals surface area contributed by atoms with Gasteiger partial charge in [-0.05, 0) is 31.5 Å². The largest absolute Gasteiger partial charge is 0.494 e. The molecule has 1 aliphatic heterocycles. The van der Waals surface area contributed by atoms with Gasteiger partial charge in [0.25, 0.3) is 0 Å². The van der Waals surface area contributed by atoms with Crippen molar-refractivity contribution >= 4 is 11.6 Å². The summed E-state index contributed by atoms with van der Waals surface area (Å²) < 4.78 is 18.9. The van der Waals surface area contributed by atoms with Crippen LogP contribution in [0.1, 0.15) is 24.4 Å². The molecule has 0 amide bonds. The molecule has 15 heavy (non-hydrogen) atoms. The average Bonchev–Trinajstić information content (AvgIpc) is 2.71. The minimum Gasteiger partial charge on any atom is -0.494 e. The molecule has 1 atom stereocenters.